The van der Waals surface area contributed by atoms with Crippen LogP contribution in [0.2, 0.25) is 0 Å². The molecule has 114 valence electrons. The van der Waals surface area contributed by atoms with Gasteiger partial charge >= 0.3 is 0 Å². The summed E-state index contributed by atoms with van der Waals surface area (Å²) in [4.78, 5) is 27.6. The maximum Gasteiger partial charge on any atom is 0.221 e. The fraction of sp³-hybridized carbons (Fsp3) is 0.562. The van der Waals surface area contributed by atoms with E-state index < -0.39 is 0 Å². The van der Waals surface area contributed by atoms with Gasteiger partial charge in [0.2, 0.25) is 5.91 Å². The molecular formula is C16H23N3O2. The molecule has 0 aromatic carbocycles. The molecule has 1 aliphatic rings. The second-order valence-electron chi connectivity index (χ2n) is 5.69. The Morgan fingerprint density at radius 1 is 1.29 bits per heavy atom. The predicted octanol–water partition coefficient (Wildman–Crippen LogP) is 1.68. The number of nitrogens with one attached hydrogen (secondary N) is 1. The third-order valence-electron chi connectivity index (χ3n) is 4.04. The molecule has 1 fully saturated rings. The highest BCUT2D eigenvalue weighted by Crippen LogP contribution is 2.28. The lowest BCUT2D eigenvalue weighted by atomic mass is 9.82. The van der Waals surface area contributed by atoms with Gasteiger partial charge in [0, 0.05) is 43.4 Å². The molecule has 5 heteroatoms. The van der Waals surface area contributed by atoms with E-state index >= 15 is 0 Å². The Bertz CT molecular complexity index is 468. The topological polar surface area (TPSA) is 85.1 Å². The van der Waals surface area contributed by atoms with Gasteiger partial charge < -0.3 is 11.1 Å². The quantitative estimate of drug-likeness (QED) is 0.780. The molecule has 1 saturated carbocycles. The third-order valence-corrected chi connectivity index (χ3v) is 4.04. The van der Waals surface area contributed by atoms with Crippen LogP contribution < -0.4 is 11.1 Å². The van der Waals surface area contributed by atoms with E-state index in [9.17, 15) is 9.59 Å². The van der Waals surface area contributed by atoms with Gasteiger partial charge in [-0.25, -0.2) is 0 Å². The van der Waals surface area contributed by atoms with Gasteiger partial charge in [0.1, 0.15) is 0 Å². The Balaban J connectivity index is 1.74. The summed E-state index contributed by atoms with van der Waals surface area (Å²) in [6, 6.07) is 3.85. The maximum absolute atomic E-state index is 12.1. The van der Waals surface area contributed by atoms with Crippen molar-refractivity contribution in [2.75, 3.05) is 6.54 Å². The zero-order chi connectivity index (χ0) is 15.1. The monoisotopic (exact) mass is 289 g/mol. The van der Waals surface area contributed by atoms with Gasteiger partial charge in [0.05, 0.1) is 0 Å². The molecule has 1 aromatic rings. The minimum Gasteiger partial charge on any atom is -0.353 e. The first-order chi connectivity index (χ1) is 10.2. The van der Waals surface area contributed by atoms with Crippen molar-refractivity contribution in [1.29, 1.82) is 0 Å². The van der Waals surface area contributed by atoms with Gasteiger partial charge in [-0.15, -0.1) is 0 Å². The standard InChI is InChI=1S/C16H23N3O2/c17-8-7-16(21)19-14-5-3-12(4-6-14)10-15(20)13-2-1-9-18-11-13/h1-2,9,11-12,14H,3-8,10,17H2,(H,19,21). The fourth-order valence-electron chi connectivity index (χ4n) is 2.85. The van der Waals surface area contributed by atoms with E-state index in [4.69, 9.17) is 5.73 Å². The number of carbonyl (C=O) groups is 2. The average molecular weight is 289 g/mol. The van der Waals surface area contributed by atoms with Gasteiger partial charge in [-0.2, -0.15) is 0 Å². The van der Waals surface area contributed by atoms with E-state index in [2.05, 4.69) is 10.3 Å². The Hall–Kier alpha value is -1.75. The van der Waals surface area contributed by atoms with Crippen molar-refractivity contribution in [3.8, 4) is 0 Å². The second-order valence-corrected chi connectivity index (χ2v) is 5.69. The van der Waals surface area contributed by atoms with Crippen LogP contribution in [0.4, 0.5) is 0 Å². The Morgan fingerprint density at radius 2 is 2.05 bits per heavy atom. The van der Waals surface area contributed by atoms with Crippen molar-refractivity contribution in [1.82, 2.24) is 10.3 Å². The number of hydrogen-bond acceptors (Lipinski definition) is 4. The molecule has 5 nitrogen and oxygen atoms in total. The summed E-state index contributed by atoms with van der Waals surface area (Å²) in [5, 5.41) is 3.01. The number of ketones is 1. The summed E-state index contributed by atoms with van der Waals surface area (Å²) in [7, 11) is 0. The molecule has 2 rings (SSSR count). The van der Waals surface area contributed by atoms with Crippen LogP contribution in [-0.2, 0) is 4.79 Å². The summed E-state index contributed by atoms with van der Waals surface area (Å²) in [6.45, 7) is 0.390. The van der Waals surface area contributed by atoms with Crippen molar-refractivity contribution >= 4 is 11.7 Å². The number of nitrogens with zero attached hydrogens (tertiary/aromatic N) is 1. The summed E-state index contributed by atoms with van der Waals surface area (Å²) in [6.07, 6.45) is 8.13. The van der Waals surface area contributed by atoms with Crippen LogP contribution in [0.3, 0.4) is 0 Å². The van der Waals surface area contributed by atoms with Gasteiger partial charge in [0.25, 0.3) is 0 Å². The highest BCUT2D eigenvalue weighted by atomic mass is 16.1. The van der Waals surface area contributed by atoms with Crippen molar-refractivity contribution < 1.29 is 9.59 Å². The van der Waals surface area contributed by atoms with Crippen molar-refractivity contribution in [2.24, 2.45) is 11.7 Å². The maximum atomic E-state index is 12.1. The van der Waals surface area contributed by atoms with Gasteiger partial charge in [-0.1, -0.05) is 0 Å². The number of rotatable bonds is 6. The van der Waals surface area contributed by atoms with Crippen LogP contribution >= 0.6 is 0 Å². The van der Waals surface area contributed by atoms with Gasteiger partial charge in [-0.05, 0) is 43.7 Å². The first-order valence-corrected chi connectivity index (χ1v) is 7.61. The van der Waals surface area contributed by atoms with Gasteiger partial charge in [-0.3, -0.25) is 14.6 Å². The van der Waals surface area contributed by atoms with Crippen molar-refractivity contribution in [2.45, 2.75) is 44.6 Å². The highest BCUT2D eigenvalue weighted by molar-refractivity contribution is 5.95. The molecule has 0 unspecified atom stereocenters. The zero-order valence-corrected chi connectivity index (χ0v) is 12.3. The molecule has 1 heterocycles. The van der Waals surface area contributed by atoms with E-state index in [0.29, 0.717) is 30.9 Å². The lowest BCUT2D eigenvalue weighted by Crippen LogP contribution is -2.38. The lowest BCUT2D eigenvalue weighted by Gasteiger charge is -2.28. The Kier molecular flexibility index (Phi) is 5.87. The van der Waals surface area contributed by atoms with Crippen LogP contribution in [0.25, 0.3) is 0 Å². The van der Waals surface area contributed by atoms with E-state index in [0.717, 1.165) is 25.7 Å². The molecule has 1 aromatic heterocycles. The highest BCUT2D eigenvalue weighted by Gasteiger charge is 2.24. The van der Waals surface area contributed by atoms with Crippen LogP contribution in [-0.4, -0.2) is 29.3 Å². The van der Waals surface area contributed by atoms with E-state index in [1.807, 2.05) is 6.07 Å². The smallest absolute Gasteiger partial charge is 0.221 e. The number of aromatic nitrogens is 1. The number of Topliss-reactive ketones (excluding diaryl/α,β-unsaturated/α-hetero) is 1. The normalized spacial score (nSPS) is 21.8. The summed E-state index contributed by atoms with van der Waals surface area (Å²) < 4.78 is 0. The fourth-order valence-corrected chi connectivity index (χ4v) is 2.85. The minimum atomic E-state index is 0.0346. The van der Waals surface area contributed by atoms with E-state index in [1.165, 1.54) is 0 Å². The van der Waals surface area contributed by atoms with Crippen LogP contribution in [0.5, 0.6) is 0 Å². The largest absolute Gasteiger partial charge is 0.353 e. The van der Waals surface area contributed by atoms with Crippen LogP contribution in [0.1, 0.15) is 48.9 Å². The molecule has 0 spiro atoms. The lowest BCUT2D eigenvalue weighted by molar-refractivity contribution is -0.121. The summed E-state index contributed by atoms with van der Waals surface area (Å²) >= 11 is 0. The minimum absolute atomic E-state index is 0.0346. The summed E-state index contributed by atoms with van der Waals surface area (Å²) in [5.74, 6) is 0.617. The van der Waals surface area contributed by atoms with Crippen molar-refractivity contribution in [3.05, 3.63) is 30.1 Å². The number of pyridine rings is 1. The zero-order valence-electron chi connectivity index (χ0n) is 12.3. The molecule has 21 heavy (non-hydrogen) atoms. The molecule has 0 radical (unpaired) electrons. The number of amides is 1. The first-order valence-electron chi connectivity index (χ1n) is 7.61. The number of carbonyl (C=O) groups excluding carboxylic acids is 2. The molecule has 0 aliphatic heterocycles. The molecule has 0 saturated heterocycles. The predicted molar refractivity (Wildman–Crippen MR) is 80.7 cm³/mol. The average Bonchev–Trinajstić information content (AvgIpc) is 2.50. The van der Waals surface area contributed by atoms with E-state index in [1.54, 1.807) is 18.5 Å². The Morgan fingerprint density at radius 3 is 2.67 bits per heavy atom. The molecular weight excluding hydrogens is 266 g/mol. The molecule has 1 amide bonds. The van der Waals surface area contributed by atoms with E-state index in [-0.39, 0.29) is 17.7 Å². The number of hydrogen-bond donors (Lipinski definition) is 2. The van der Waals surface area contributed by atoms with Crippen LogP contribution in [0, 0.1) is 5.92 Å². The number of nitrogens with two attached hydrogens (primary N) is 1. The van der Waals surface area contributed by atoms with Gasteiger partial charge in [0.15, 0.2) is 5.78 Å². The summed E-state index contributed by atoms with van der Waals surface area (Å²) in [5.41, 5.74) is 6.05. The third kappa shape index (κ3) is 4.93. The molecule has 0 bridgehead atoms. The Labute approximate surface area is 125 Å². The SMILES string of the molecule is NCCC(=O)NC1CCC(CC(=O)c2cccnc2)CC1. The second kappa shape index (κ2) is 7.88. The molecule has 1 aliphatic carbocycles. The van der Waals surface area contributed by atoms with Crippen molar-refractivity contribution in [3.63, 3.8) is 0 Å². The van der Waals surface area contributed by atoms with Crippen LogP contribution in [0.15, 0.2) is 24.5 Å². The first kappa shape index (κ1) is 15.6. The molecule has 0 atom stereocenters. The molecule has 3 N–H and O–H groups in total.